The Balaban J connectivity index is 2.28. The highest BCUT2D eigenvalue weighted by molar-refractivity contribution is 6.11. The number of likely N-dealkylation sites (tertiary alicyclic amines) is 1. The molecule has 1 N–H and O–H groups in total. The van der Waals surface area contributed by atoms with Gasteiger partial charge in [0.25, 0.3) is 0 Å². The lowest BCUT2D eigenvalue weighted by atomic mass is 10.1. The summed E-state index contributed by atoms with van der Waals surface area (Å²) in [7, 11) is 1.87. The molecule has 1 aromatic heterocycles. The second-order valence-electron chi connectivity index (χ2n) is 4.79. The molecule has 1 fully saturated rings. The van der Waals surface area contributed by atoms with Crippen LogP contribution in [0.3, 0.4) is 0 Å². The molecular formula is C15H17N3O3. The maximum absolute atomic E-state index is 12.4. The van der Waals surface area contributed by atoms with Crippen molar-refractivity contribution in [3.05, 3.63) is 34.8 Å². The molecule has 0 saturated carbocycles. The fraction of sp³-hybridized carbons (Fsp3) is 0.400. The maximum Gasteiger partial charge on any atom is 0.354 e. The van der Waals surface area contributed by atoms with Gasteiger partial charge in [0.2, 0.25) is 5.78 Å². The summed E-state index contributed by atoms with van der Waals surface area (Å²) >= 11 is 0. The van der Waals surface area contributed by atoms with E-state index in [0.29, 0.717) is 0 Å². The van der Waals surface area contributed by atoms with Gasteiger partial charge >= 0.3 is 5.97 Å². The highest BCUT2D eigenvalue weighted by Gasteiger charge is 2.24. The predicted molar refractivity (Wildman–Crippen MR) is 75.6 cm³/mol. The zero-order valence-corrected chi connectivity index (χ0v) is 12.1. The number of carbonyl (C=O) groups is 2. The van der Waals surface area contributed by atoms with Crippen LogP contribution in [0.5, 0.6) is 0 Å². The Morgan fingerprint density at radius 1 is 1.43 bits per heavy atom. The average molecular weight is 287 g/mol. The van der Waals surface area contributed by atoms with Crippen molar-refractivity contribution in [2.75, 3.05) is 20.2 Å². The van der Waals surface area contributed by atoms with Gasteiger partial charge in [0.1, 0.15) is 17.3 Å². The van der Waals surface area contributed by atoms with E-state index < -0.39 is 11.8 Å². The molecule has 1 saturated heterocycles. The molecule has 1 aliphatic heterocycles. The van der Waals surface area contributed by atoms with E-state index in [1.165, 1.54) is 12.1 Å². The first kappa shape index (κ1) is 14.9. The molecule has 21 heavy (non-hydrogen) atoms. The Labute approximate surface area is 123 Å². The van der Waals surface area contributed by atoms with Crippen molar-refractivity contribution in [1.82, 2.24) is 9.88 Å². The molecule has 2 rings (SSSR count). The van der Waals surface area contributed by atoms with Crippen molar-refractivity contribution < 1.29 is 14.3 Å². The lowest BCUT2D eigenvalue weighted by Crippen LogP contribution is -2.16. The molecular weight excluding hydrogens is 270 g/mol. The molecule has 2 heterocycles. The third kappa shape index (κ3) is 2.97. The number of nitriles is 1. The van der Waals surface area contributed by atoms with Crippen LogP contribution in [0.4, 0.5) is 0 Å². The smallest absolute Gasteiger partial charge is 0.354 e. The van der Waals surface area contributed by atoms with Gasteiger partial charge in [-0.3, -0.25) is 4.79 Å². The average Bonchev–Trinajstić information content (AvgIpc) is 3.10. The van der Waals surface area contributed by atoms with Crippen molar-refractivity contribution in [2.45, 2.75) is 19.8 Å². The molecule has 0 radical (unpaired) electrons. The number of aromatic nitrogens is 1. The lowest BCUT2D eigenvalue weighted by Gasteiger charge is -2.13. The van der Waals surface area contributed by atoms with Crippen molar-refractivity contribution in [3.63, 3.8) is 0 Å². The number of hydrogen-bond acceptors (Lipinski definition) is 5. The predicted octanol–water partition coefficient (Wildman–Crippen LogP) is 1.88. The summed E-state index contributed by atoms with van der Waals surface area (Å²) in [6, 6.07) is 4.98. The van der Waals surface area contributed by atoms with Crippen molar-refractivity contribution in [1.29, 1.82) is 5.26 Å². The highest BCUT2D eigenvalue weighted by atomic mass is 16.5. The third-order valence-electron chi connectivity index (χ3n) is 3.42. The summed E-state index contributed by atoms with van der Waals surface area (Å²) in [6.07, 6.45) is 1.65. The second-order valence-corrected chi connectivity index (χ2v) is 4.79. The summed E-state index contributed by atoms with van der Waals surface area (Å²) in [4.78, 5) is 28.6. The van der Waals surface area contributed by atoms with Crippen LogP contribution in [0, 0.1) is 11.3 Å². The fourth-order valence-electron chi connectivity index (χ4n) is 2.36. The van der Waals surface area contributed by atoms with Gasteiger partial charge in [0, 0.05) is 19.3 Å². The van der Waals surface area contributed by atoms with Crippen molar-refractivity contribution >= 4 is 11.8 Å². The Hall–Kier alpha value is -2.55. The number of nitrogens with zero attached hydrogens (tertiary/aromatic N) is 2. The number of ketones is 1. The van der Waals surface area contributed by atoms with Gasteiger partial charge in [-0.1, -0.05) is 0 Å². The maximum atomic E-state index is 12.4. The van der Waals surface area contributed by atoms with Gasteiger partial charge in [-0.15, -0.1) is 0 Å². The molecule has 1 aliphatic rings. The van der Waals surface area contributed by atoms with E-state index >= 15 is 0 Å². The number of ether oxygens (including phenoxy) is 1. The molecule has 0 spiro atoms. The zero-order valence-electron chi connectivity index (χ0n) is 12.1. The summed E-state index contributed by atoms with van der Waals surface area (Å²) in [5, 5.41) is 9.28. The van der Waals surface area contributed by atoms with Crippen molar-refractivity contribution in [2.24, 2.45) is 0 Å². The number of Topliss-reactive ketones (excluding diaryl/α,β-unsaturated/α-hetero) is 1. The van der Waals surface area contributed by atoms with E-state index in [4.69, 9.17) is 4.74 Å². The Bertz CT molecular complexity index is 637. The first-order valence-corrected chi connectivity index (χ1v) is 6.83. The molecule has 0 unspecified atom stereocenters. The Kier molecular flexibility index (Phi) is 4.43. The lowest BCUT2D eigenvalue weighted by molar-refractivity contribution is 0.0520. The van der Waals surface area contributed by atoms with Crippen LogP contribution in [0.15, 0.2) is 23.4 Å². The SMILES string of the molecule is CCOC(=O)c1ccc(C(=O)/C(C#N)=C2\CCCN2C)[nH]1. The van der Waals surface area contributed by atoms with E-state index in [1.54, 1.807) is 6.92 Å². The van der Waals surface area contributed by atoms with Crippen LogP contribution in [-0.2, 0) is 4.74 Å². The van der Waals surface area contributed by atoms with E-state index in [0.717, 1.165) is 25.1 Å². The van der Waals surface area contributed by atoms with E-state index in [1.807, 2.05) is 18.0 Å². The molecule has 0 bridgehead atoms. The molecule has 0 atom stereocenters. The van der Waals surface area contributed by atoms with Crippen LogP contribution in [0.25, 0.3) is 0 Å². The van der Waals surface area contributed by atoms with E-state index in [9.17, 15) is 14.9 Å². The van der Waals surface area contributed by atoms with Crippen LogP contribution < -0.4 is 0 Å². The number of rotatable bonds is 4. The summed E-state index contributed by atoms with van der Waals surface area (Å²) < 4.78 is 4.86. The molecule has 0 amide bonds. The minimum atomic E-state index is -0.513. The van der Waals surface area contributed by atoms with E-state index in [-0.39, 0.29) is 23.6 Å². The van der Waals surface area contributed by atoms with Gasteiger partial charge in [-0.2, -0.15) is 5.26 Å². The van der Waals surface area contributed by atoms with Gasteiger partial charge < -0.3 is 14.6 Å². The number of hydrogen-bond donors (Lipinski definition) is 1. The molecule has 6 heteroatoms. The van der Waals surface area contributed by atoms with Crippen LogP contribution in [0.1, 0.15) is 40.7 Å². The quantitative estimate of drug-likeness (QED) is 0.395. The van der Waals surface area contributed by atoms with Gasteiger partial charge in [-0.05, 0) is 31.9 Å². The highest BCUT2D eigenvalue weighted by Crippen LogP contribution is 2.24. The monoisotopic (exact) mass is 287 g/mol. The summed E-state index contributed by atoms with van der Waals surface area (Å²) in [6.45, 7) is 2.81. The third-order valence-corrected chi connectivity index (χ3v) is 3.42. The van der Waals surface area contributed by atoms with E-state index in [2.05, 4.69) is 4.98 Å². The topological polar surface area (TPSA) is 86.2 Å². The number of carbonyl (C=O) groups excluding carboxylic acids is 2. The number of esters is 1. The standard InChI is InChI=1S/C15H17N3O3/c1-3-21-15(20)12-7-6-11(17-12)14(19)10(9-16)13-5-4-8-18(13)2/h6-7,17H,3-5,8H2,1-2H3/b13-10+. The van der Waals surface area contributed by atoms with Gasteiger partial charge in [0.05, 0.1) is 12.3 Å². The van der Waals surface area contributed by atoms with Crippen molar-refractivity contribution in [3.8, 4) is 6.07 Å². The van der Waals surface area contributed by atoms with Crippen LogP contribution >= 0.6 is 0 Å². The molecule has 6 nitrogen and oxygen atoms in total. The Morgan fingerprint density at radius 3 is 2.71 bits per heavy atom. The first-order valence-electron chi connectivity index (χ1n) is 6.83. The van der Waals surface area contributed by atoms with Gasteiger partial charge in [-0.25, -0.2) is 4.79 Å². The van der Waals surface area contributed by atoms with Crippen LogP contribution in [0.2, 0.25) is 0 Å². The minimum absolute atomic E-state index is 0.132. The minimum Gasteiger partial charge on any atom is -0.461 e. The largest absolute Gasteiger partial charge is 0.461 e. The number of nitrogens with one attached hydrogen (secondary N) is 1. The molecule has 0 aliphatic carbocycles. The summed E-state index contributed by atoms with van der Waals surface area (Å²) in [5.74, 6) is -0.905. The van der Waals surface area contributed by atoms with Crippen LogP contribution in [-0.4, -0.2) is 41.8 Å². The summed E-state index contributed by atoms with van der Waals surface area (Å²) in [5.41, 5.74) is 1.33. The molecule has 0 aromatic carbocycles. The van der Waals surface area contributed by atoms with Gasteiger partial charge in [0.15, 0.2) is 0 Å². The number of aromatic amines is 1. The number of allylic oxidation sites excluding steroid dienone is 2. The fourth-order valence-corrected chi connectivity index (χ4v) is 2.36. The molecule has 1 aromatic rings. The normalized spacial score (nSPS) is 16.5. The zero-order chi connectivity index (χ0) is 15.4. The molecule has 110 valence electrons. The second kappa shape index (κ2) is 6.27. The first-order chi connectivity index (χ1) is 10.1. The number of H-pyrrole nitrogens is 1. The Morgan fingerprint density at radius 2 is 2.14 bits per heavy atom.